The third-order valence-electron chi connectivity index (χ3n) is 2.55. The monoisotopic (exact) mass is 344 g/mol. The van der Waals surface area contributed by atoms with Gasteiger partial charge in [0.2, 0.25) is 5.88 Å². The highest BCUT2D eigenvalue weighted by molar-refractivity contribution is 9.10. The second kappa shape index (κ2) is 10.1. The van der Waals surface area contributed by atoms with Crippen LogP contribution in [-0.4, -0.2) is 31.3 Å². The maximum Gasteiger partial charge on any atom is 0.217 e. The van der Waals surface area contributed by atoms with Gasteiger partial charge in [-0.05, 0) is 40.9 Å². The highest BCUT2D eigenvalue weighted by Gasteiger charge is 2.06. The second-order valence-electron chi connectivity index (χ2n) is 5.11. The van der Waals surface area contributed by atoms with E-state index < -0.39 is 0 Å². The molecule has 0 saturated carbocycles. The quantitative estimate of drug-likeness (QED) is 0.660. The van der Waals surface area contributed by atoms with Crippen LogP contribution in [0, 0.1) is 5.92 Å². The van der Waals surface area contributed by atoms with Gasteiger partial charge in [-0.3, -0.25) is 0 Å². The van der Waals surface area contributed by atoms with E-state index in [1.807, 2.05) is 6.07 Å². The molecule has 114 valence electrons. The van der Waals surface area contributed by atoms with Crippen molar-refractivity contribution >= 4 is 15.9 Å². The first-order valence-corrected chi connectivity index (χ1v) is 7.98. The third-order valence-corrected chi connectivity index (χ3v) is 2.99. The summed E-state index contributed by atoms with van der Waals surface area (Å²) in [7, 11) is 0. The van der Waals surface area contributed by atoms with E-state index in [1.54, 1.807) is 6.20 Å². The molecule has 0 amide bonds. The molecule has 1 aromatic rings. The van der Waals surface area contributed by atoms with Crippen LogP contribution >= 0.6 is 15.9 Å². The number of ether oxygens (including phenoxy) is 2. The second-order valence-corrected chi connectivity index (χ2v) is 6.03. The van der Waals surface area contributed by atoms with Crippen LogP contribution in [0.5, 0.6) is 5.88 Å². The molecule has 0 fully saturated rings. The van der Waals surface area contributed by atoms with Crippen molar-refractivity contribution in [2.75, 3.05) is 26.4 Å². The lowest BCUT2D eigenvalue weighted by Crippen LogP contribution is -2.16. The summed E-state index contributed by atoms with van der Waals surface area (Å²) in [6.45, 7) is 10.1. The van der Waals surface area contributed by atoms with E-state index >= 15 is 0 Å². The molecule has 0 saturated heterocycles. The summed E-state index contributed by atoms with van der Waals surface area (Å²) >= 11 is 3.44. The SMILES string of the molecule is CCCNCc1cc(Br)cnc1OCCOCC(C)C. The fourth-order valence-electron chi connectivity index (χ4n) is 1.64. The molecular weight excluding hydrogens is 320 g/mol. The van der Waals surface area contributed by atoms with Crippen molar-refractivity contribution in [3.63, 3.8) is 0 Å². The van der Waals surface area contributed by atoms with Crippen LogP contribution in [0.15, 0.2) is 16.7 Å². The van der Waals surface area contributed by atoms with Crippen LogP contribution in [0.25, 0.3) is 0 Å². The van der Waals surface area contributed by atoms with E-state index in [9.17, 15) is 0 Å². The van der Waals surface area contributed by atoms with Crippen LogP contribution in [0.2, 0.25) is 0 Å². The molecule has 5 heteroatoms. The van der Waals surface area contributed by atoms with Gasteiger partial charge in [0.25, 0.3) is 0 Å². The molecular formula is C15H25BrN2O2. The van der Waals surface area contributed by atoms with Gasteiger partial charge in [-0.15, -0.1) is 0 Å². The average molecular weight is 345 g/mol. The molecule has 1 heterocycles. The largest absolute Gasteiger partial charge is 0.475 e. The summed E-state index contributed by atoms with van der Waals surface area (Å²) in [6.07, 6.45) is 2.87. The van der Waals surface area contributed by atoms with Gasteiger partial charge in [-0.25, -0.2) is 4.98 Å². The number of nitrogens with one attached hydrogen (secondary N) is 1. The first-order chi connectivity index (χ1) is 9.63. The number of rotatable bonds is 10. The zero-order valence-corrected chi connectivity index (χ0v) is 14.2. The van der Waals surface area contributed by atoms with E-state index in [1.165, 1.54) is 0 Å². The maximum atomic E-state index is 5.71. The van der Waals surface area contributed by atoms with Gasteiger partial charge in [-0.2, -0.15) is 0 Å². The molecule has 0 radical (unpaired) electrons. The van der Waals surface area contributed by atoms with Crippen molar-refractivity contribution in [3.05, 3.63) is 22.3 Å². The third kappa shape index (κ3) is 7.22. The van der Waals surface area contributed by atoms with Crippen LogP contribution in [0.4, 0.5) is 0 Å². The van der Waals surface area contributed by atoms with E-state index in [2.05, 4.69) is 47.0 Å². The lowest BCUT2D eigenvalue weighted by molar-refractivity contribution is 0.0803. The number of pyridine rings is 1. The smallest absolute Gasteiger partial charge is 0.217 e. The standard InChI is InChI=1S/C15H25BrN2O2/c1-4-5-17-9-13-8-14(16)10-18-15(13)20-7-6-19-11-12(2)3/h8,10,12,17H,4-7,9,11H2,1-3H3. The summed E-state index contributed by atoms with van der Waals surface area (Å²) in [5, 5.41) is 3.36. The van der Waals surface area contributed by atoms with Crippen LogP contribution in [0.1, 0.15) is 32.8 Å². The van der Waals surface area contributed by atoms with E-state index in [0.717, 1.165) is 36.2 Å². The molecule has 0 aromatic carbocycles. The predicted molar refractivity (Wildman–Crippen MR) is 85.1 cm³/mol. The van der Waals surface area contributed by atoms with Crippen LogP contribution in [-0.2, 0) is 11.3 Å². The molecule has 0 aliphatic heterocycles. The summed E-state index contributed by atoms with van der Waals surface area (Å²) < 4.78 is 12.2. The van der Waals surface area contributed by atoms with E-state index in [0.29, 0.717) is 25.0 Å². The first-order valence-electron chi connectivity index (χ1n) is 7.19. The average Bonchev–Trinajstić information content (AvgIpc) is 2.40. The molecule has 4 nitrogen and oxygen atoms in total. The lowest BCUT2D eigenvalue weighted by Gasteiger charge is -2.12. The summed E-state index contributed by atoms with van der Waals surface area (Å²) in [5.74, 6) is 1.24. The number of nitrogens with zero attached hydrogens (tertiary/aromatic N) is 1. The Hall–Kier alpha value is -0.650. The van der Waals surface area contributed by atoms with E-state index in [4.69, 9.17) is 9.47 Å². The zero-order valence-electron chi connectivity index (χ0n) is 12.6. The minimum atomic E-state index is 0.530. The zero-order chi connectivity index (χ0) is 14.8. The molecule has 0 bridgehead atoms. The predicted octanol–water partition coefficient (Wildman–Crippen LogP) is 3.40. The van der Waals surface area contributed by atoms with Crippen molar-refractivity contribution in [2.45, 2.75) is 33.7 Å². The Kier molecular flexibility index (Phi) is 8.82. The summed E-state index contributed by atoms with van der Waals surface area (Å²) in [5.41, 5.74) is 1.07. The molecule has 1 aromatic heterocycles. The Morgan fingerprint density at radius 2 is 2.15 bits per heavy atom. The lowest BCUT2D eigenvalue weighted by atomic mass is 10.2. The van der Waals surface area contributed by atoms with Gasteiger partial charge in [0.05, 0.1) is 6.61 Å². The highest BCUT2D eigenvalue weighted by Crippen LogP contribution is 2.19. The number of hydrogen-bond donors (Lipinski definition) is 1. The molecule has 0 aliphatic rings. The Morgan fingerprint density at radius 1 is 1.35 bits per heavy atom. The topological polar surface area (TPSA) is 43.4 Å². The number of aromatic nitrogens is 1. The van der Waals surface area contributed by atoms with Gasteiger partial charge >= 0.3 is 0 Å². The van der Waals surface area contributed by atoms with Crippen molar-refractivity contribution < 1.29 is 9.47 Å². The molecule has 0 spiro atoms. The van der Waals surface area contributed by atoms with Crippen molar-refractivity contribution in [2.24, 2.45) is 5.92 Å². The molecule has 1 rings (SSSR count). The fourth-order valence-corrected chi connectivity index (χ4v) is 2.02. The van der Waals surface area contributed by atoms with Gasteiger partial charge in [-0.1, -0.05) is 20.8 Å². The molecule has 20 heavy (non-hydrogen) atoms. The fraction of sp³-hybridized carbons (Fsp3) is 0.667. The minimum Gasteiger partial charge on any atom is -0.475 e. The number of hydrogen-bond acceptors (Lipinski definition) is 4. The minimum absolute atomic E-state index is 0.530. The molecule has 0 unspecified atom stereocenters. The Labute approximate surface area is 130 Å². The van der Waals surface area contributed by atoms with Crippen LogP contribution in [0.3, 0.4) is 0 Å². The Balaban J connectivity index is 2.42. The van der Waals surface area contributed by atoms with Crippen molar-refractivity contribution in [1.29, 1.82) is 0 Å². The number of halogens is 1. The van der Waals surface area contributed by atoms with Gasteiger partial charge in [0, 0.05) is 29.4 Å². The summed E-state index contributed by atoms with van der Waals surface area (Å²) in [6, 6.07) is 2.04. The van der Waals surface area contributed by atoms with Gasteiger partial charge in [0.15, 0.2) is 0 Å². The maximum absolute atomic E-state index is 5.71. The molecule has 1 N–H and O–H groups in total. The first kappa shape index (κ1) is 17.4. The Bertz CT molecular complexity index is 386. The summed E-state index contributed by atoms with van der Waals surface area (Å²) in [4.78, 5) is 4.33. The van der Waals surface area contributed by atoms with Gasteiger partial charge < -0.3 is 14.8 Å². The Morgan fingerprint density at radius 3 is 2.85 bits per heavy atom. The normalized spacial score (nSPS) is 11.1. The molecule has 0 aliphatic carbocycles. The highest BCUT2D eigenvalue weighted by atomic mass is 79.9. The van der Waals surface area contributed by atoms with Crippen molar-refractivity contribution in [1.82, 2.24) is 10.3 Å². The van der Waals surface area contributed by atoms with Gasteiger partial charge in [0.1, 0.15) is 6.61 Å². The van der Waals surface area contributed by atoms with Crippen molar-refractivity contribution in [3.8, 4) is 5.88 Å². The van der Waals surface area contributed by atoms with Crippen LogP contribution < -0.4 is 10.1 Å². The molecule has 0 atom stereocenters. The van der Waals surface area contributed by atoms with E-state index in [-0.39, 0.29) is 0 Å².